The Labute approximate surface area is 123 Å². The van der Waals surface area contributed by atoms with Gasteiger partial charge in [-0.25, -0.2) is 9.80 Å². The molecule has 1 aromatic heterocycles. The molecule has 0 aliphatic carbocycles. The van der Waals surface area contributed by atoms with Gasteiger partial charge in [-0.3, -0.25) is 10.2 Å². The van der Waals surface area contributed by atoms with Gasteiger partial charge in [-0.15, -0.1) is 0 Å². The van der Waals surface area contributed by atoms with Gasteiger partial charge in [0, 0.05) is 24.6 Å². The Morgan fingerprint density at radius 3 is 3.00 bits per heavy atom. The first-order valence-corrected chi connectivity index (χ1v) is 7.13. The number of rotatable bonds is 6. The van der Waals surface area contributed by atoms with E-state index >= 15 is 0 Å². The summed E-state index contributed by atoms with van der Waals surface area (Å²) < 4.78 is 0.709. The number of carbonyl (C=O) groups is 2. The molecule has 0 aromatic carbocycles. The second-order valence-electron chi connectivity index (χ2n) is 5.07. The molecule has 0 spiro atoms. The highest BCUT2D eigenvalue weighted by Crippen LogP contribution is 2.11. The van der Waals surface area contributed by atoms with Crippen LogP contribution in [0.2, 0.25) is 0 Å². The molecule has 1 aliphatic heterocycles. The molecule has 1 aromatic rings. The molecule has 0 saturated carbocycles. The maximum Gasteiger partial charge on any atom is 0.339 e. The van der Waals surface area contributed by atoms with Crippen LogP contribution >= 0.6 is 0 Å². The fourth-order valence-electron chi connectivity index (χ4n) is 2.19. The highest BCUT2D eigenvalue weighted by molar-refractivity contribution is 5.82. The van der Waals surface area contributed by atoms with Crippen LogP contribution in [0.1, 0.15) is 31.7 Å². The number of urea groups is 1. The van der Waals surface area contributed by atoms with E-state index in [4.69, 9.17) is 0 Å². The van der Waals surface area contributed by atoms with Crippen molar-refractivity contribution in [1.29, 1.82) is 0 Å². The van der Waals surface area contributed by atoms with Crippen molar-refractivity contribution in [2.75, 3.05) is 13.1 Å². The number of hydrogen-bond acceptors (Lipinski definition) is 3. The highest BCUT2D eigenvalue weighted by Gasteiger charge is 2.29. The smallest absolute Gasteiger partial charge is 0.339 e. The molecule has 7 heteroatoms. The lowest BCUT2D eigenvalue weighted by atomic mass is 10.2. The number of hydrazine groups is 1. The van der Waals surface area contributed by atoms with Gasteiger partial charge in [0.1, 0.15) is 0 Å². The zero-order chi connectivity index (χ0) is 15.2. The van der Waals surface area contributed by atoms with Gasteiger partial charge in [0.25, 0.3) is 0 Å². The van der Waals surface area contributed by atoms with E-state index in [2.05, 4.69) is 5.43 Å². The lowest BCUT2D eigenvalue weighted by Crippen LogP contribution is -2.44. The third-order valence-electron chi connectivity index (χ3n) is 3.32. The normalized spacial score (nSPS) is 14.6. The maximum atomic E-state index is 12.2. The maximum absolute atomic E-state index is 12.2. The Balaban J connectivity index is 1.88. The van der Waals surface area contributed by atoms with E-state index in [1.807, 2.05) is 6.92 Å². The van der Waals surface area contributed by atoms with Crippen molar-refractivity contribution in [2.24, 2.45) is 0 Å². The summed E-state index contributed by atoms with van der Waals surface area (Å²) in [6.07, 6.45) is 5.02. The van der Waals surface area contributed by atoms with Crippen LogP contribution in [0.15, 0.2) is 24.5 Å². The third kappa shape index (κ3) is 4.08. The highest BCUT2D eigenvalue weighted by atomic mass is 16.5. The van der Waals surface area contributed by atoms with Crippen molar-refractivity contribution >= 4 is 11.9 Å². The summed E-state index contributed by atoms with van der Waals surface area (Å²) >= 11 is 0. The molecule has 1 saturated heterocycles. The van der Waals surface area contributed by atoms with E-state index in [1.54, 1.807) is 17.0 Å². The van der Waals surface area contributed by atoms with Crippen LogP contribution < -0.4 is 10.2 Å². The minimum absolute atomic E-state index is 0.135. The van der Waals surface area contributed by atoms with Crippen molar-refractivity contribution in [3.05, 3.63) is 35.3 Å². The molecule has 7 nitrogen and oxygen atoms in total. The van der Waals surface area contributed by atoms with Gasteiger partial charge in [0.2, 0.25) is 5.91 Å². The van der Waals surface area contributed by atoms with Gasteiger partial charge >= 0.3 is 6.03 Å². The van der Waals surface area contributed by atoms with E-state index in [0.29, 0.717) is 30.8 Å². The Morgan fingerprint density at radius 1 is 1.48 bits per heavy atom. The first-order chi connectivity index (χ1) is 10.1. The van der Waals surface area contributed by atoms with Crippen LogP contribution in [0.3, 0.4) is 0 Å². The topological polar surface area (TPSA) is 79.6 Å². The number of aromatic nitrogens is 1. The number of nitrogens with zero attached hydrogens (tertiary/aromatic N) is 3. The van der Waals surface area contributed by atoms with Gasteiger partial charge in [-0.2, -0.15) is 4.73 Å². The second kappa shape index (κ2) is 6.92. The minimum Gasteiger partial charge on any atom is -0.619 e. The Hall–Kier alpha value is -2.31. The van der Waals surface area contributed by atoms with Gasteiger partial charge in [0.05, 0.1) is 13.1 Å². The molecule has 1 N–H and O–H groups in total. The minimum atomic E-state index is -0.235. The molecule has 114 valence electrons. The standard InChI is InChI=1S/C14H20N4O3/c1-2-3-6-13(19)15-18-9-8-16(14(18)20)10-12-5-4-7-17(21)11-12/h4-5,7,11H,2-3,6,8-10H2,1H3,(H,15,19). The predicted octanol–water partition coefficient (Wildman–Crippen LogP) is 0.779. The number of pyridine rings is 1. The summed E-state index contributed by atoms with van der Waals surface area (Å²) in [6.45, 7) is 3.36. The molecule has 21 heavy (non-hydrogen) atoms. The van der Waals surface area contributed by atoms with E-state index in [1.165, 1.54) is 17.4 Å². The Morgan fingerprint density at radius 2 is 2.29 bits per heavy atom. The van der Waals surface area contributed by atoms with Crippen LogP contribution in [0.25, 0.3) is 0 Å². The first-order valence-electron chi connectivity index (χ1n) is 7.13. The number of carbonyl (C=O) groups excluding carboxylic acids is 2. The summed E-state index contributed by atoms with van der Waals surface area (Å²) in [4.78, 5) is 25.4. The van der Waals surface area contributed by atoms with Crippen LogP contribution in [0, 0.1) is 5.21 Å². The summed E-state index contributed by atoms with van der Waals surface area (Å²) in [5.41, 5.74) is 3.39. The van der Waals surface area contributed by atoms with Gasteiger partial charge < -0.3 is 10.1 Å². The monoisotopic (exact) mass is 292 g/mol. The van der Waals surface area contributed by atoms with Crippen LogP contribution in [0.4, 0.5) is 4.79 Å². The van der Waals surface area contributed by atoms with Crippen LogP contribution in [-0.2, 0) is 11.3 Å². The third-order valence-corrected chi connectivity index (χ3v) is 3.32. The summed E-state index contributed by atoms with van der Waals surface area (Å²) in [5.74, 6) is -0.135. The lowest BCUT2D eigenvalue weighted by molar-refractivity contribution is -0.605. The van der Waals surface area contributed by atoms with E-state index in [-0.39, 0.29) is 11.9 Å². The Bertz CT molecular complexity index is 521. The van der Waals surface area contributed by atoms with E-state index in [9.17, 15) is 14.8 Å². The fourth-order valence-corrected chi connectivity index (χ4v) is 2.19. The molecule has 1 fully saturated rings. The molecule has 0 atom stereocenters. The summed E-state index contributed by atoms with van der Waals surface area (Å²) in [6, 6.07) is 3.21. The quantitative estimate of drug-likeness (QED) is 0.621. The molecule has 1 aliphatic rings. The molecule has 0 bridgehead atoms. The van der Waals surface area contributed by atoms with Crippen LogP contribution in [-0.4, -0.2) is 34.9 Å². The largest absolute Gasteiger partial charge is 0.619 e. The van der Waals surface area contributed by atoms with Crippen LogP contribution in [0.5, 0.6) is 0 Å². The molecular weight excluding hydrogens is 272 g/mol. The molecule has 3 amide bonds. The Kier molecular flexibility index (Phi) is 4.97. The average Bonchev–Trinajstić information content (AvgIpc) is 2.78. The SMILES string of the molecule is CCCCC(=O)NN1CCN(Cc2ccc[n+]([O-])c2)C1=O. The summed E-state index contributed by atoms with van der Waals surface area (Å²) in [7, 11) is 0. The van der Waals surface area contributed by atoms with Crippen molar-refractivity contribution in [3.63, 3.8) is 0 Å². The lowest BCUT2D eigenvalue weighted by Gasteiger charge is -2.19. The first kappa shape index (κ1) is 15.1. The molecular formula is C14H20N4O3. The van der Waals surface area contributed by atoms with Gasteiger partial charge in [0.15, 0.2) is 12.4 Å². The second-order valence-corrected chi connectivity index (χ2v) is 5.07. The zero-order valence-corrected chi connectivity index (χ0v) is 12.1. The van der Waals surface area contributed by atoms with Crippen molar-refractivity contribution in [1.82, 2.24) is 15.3 Å². The molecule has 2 heterocycles. The fraction of sp³-hybridized carbons (Fsp3) is 0.500. The number of amides is 3. The van der Waals surface area contributed by atoms with Crippen molar-refractivity contribution in [3.8, 4) is 0 Å². The van der Waals surface area contributed by atoms with E-state index in [0.717, 1.165) is 18.4 Å². The predicted molar refractivity (Wildman–Crippen MR) is 75.6 cm³/mol. The van der Waals surface area contributed by atoms with Crippen molar-refractivity contribution in [2.45, 2.75) is 32.7 Å². The average molecular weight is 292 g/mol. The summed E-state index contributed by atoms with van der Waals surface area (Å²) in [5, 5.41) is 12.5. The molecule has 2 rings (SSSR count). The zero-order valence-electron chi connectivity index (χ0n) is 12.1. The molecule has 0 radical (unpaired) electrons. The van der Waals surface area contributed by atoms with Gasteiger partial charge in [-0.1, -0.05) is 13.3 Å². The number of hydrogen-bond donors (Lipinski definition) is 1. The number of unbranched alkanes of at least 4 members (excludes halogenated alkanes) is 1. The number of nitrogens with one attached hydrogen (secondary N) is 1. The molecule has 0 unspecified atom stereocenters. The van der Waals surface area contributed by atoms with Gasteiger partial charge in [-0.05, 0) is 12.5 Å². The van der Waals surface area contributed by atoms with Crippen molar-refractivity contribution < 1.29 is 14.3 Å². The van der Waals surface area contributed by atoms with E-state index < -0.39 is 0 Å².